The molecule has 1 saturated heterocycles. The number of guanidine groups is 1. The van der Waals surface area contributed by atoms with Crippen molar-refractivity contribution >= 4 is 33.3 Å². The number of anilines is 1. The molecule has 4 atom stereocenters. The molecule has 2 aromatic rings. The Morgan fingerprint density at radius 1 is 1.19 bits per heavy atom. The van der Waals surface area contributed by atoms with Crippen LogP contribution in [0.15, 0.2) is 52.4 Å². The van der Waals surface area contributed by atoms with Crippen molar-refractivity contribution in [3.05, 3.63) is 53.1 Å². The fraction of sp³-hybridized carbons (Fsp3) is 0.462. The molecule has 2 aromatic carbocycles. The van der Waals surface area contributed by atoms with Crippen LogP contribution in [0, 0.1) is 23.3 Å². The number of rotatable bonds is 4. The van der Waals surface area contributed by atoms with E-state index in [0.717, 1.165) is 6.42 Å². The molecule has 2 aliphatic rings. The molecule has 3 N–H and O–H groups in total. The first-order valence-corrected chi connectivity index (χ1v) is 14.0. The molecule has 37 heavy (non-hydrogen) atoms. The summed E-state index contributed by atoms with van der Waals surface area (Å²) in [6.45, 7) is 8.49. The topological polar surface area (TPSA) is 127 Å². The average molecular weight is 546 g/mol. The largest absolute Gasteiger partial charge is 0.485 e. The number of fused-ring (bicyclic) bond motifs is 1. The second-order valence-electron chi connectivity index (χ2n) is 10.4. The van der Waals surface area contributed by atoms with Gasteiger partial charge in [0.2, 0.25) is 16.0 Å². The first-order chi connectivity index (χ1) is 17.4. The number of piperidine rings is 1. The van der Waals surface area contributed by atoms with E-state index in [-0.39, 0.29) is 22.7 Å². The van der Waals surface area contributed by atoms with E-state index in [1.165, 1.54) is 16.4 Å². The second kappa shape index (κ2) is 10.5. The summed E-state index contributed by atoms with van der Waals surface area (Å²) in [6, 6.07) is 10.6. The Kier molecular flexibility index (Phi) is 7.72. The minimum absolute atomic E-state index is 0.0875. The number of nitrogens with one attached hydrogen (secondary N) is 2. The molecule has 11 heteroatoms. The third-order valence-corrected chi connectivity index (χ3v) is 8.79. The van der Waals surface area contributed by atoms with E-state index in [4.69, 9.17) is 16.3 Å². The van der Waals surface area contributed by atoms with Crippen molar-refractivity contribution < 1.29 is 18.3 Å². The maximum atomic E-state index is 13.6. The SMILES string of the molecule is CC1CC(C)CN(S(=O)(=O)c2ccc3c(c2)[C@@H](/N=C(/NC#N)Nc2ccc(Cl)cc2)[C@H](O)C(C)(C)O3)C1. The van der Waals surface area contributed by atoms with Gasteiger partial charge in [-0.1, -0.05) is 25.4 Å². The monoisotopic (exact) mass is 545 g/mol. The minimum Gasteiger partial charge on any atom is -0.485 e. The Bertz CT molecular complexity index is 1310. The number of aliphatic imine (C=N–C) groups is 1. The van der Waals surface area contributed by atoms with Gasteiger partial charge in [-0.3, -0.25) is 5.32 Å². The highest BCUT2D eigenvalue weighted by molar-refractivity contribution is 7.89. The molecule has 1 fully saturated rings. The number of nitrogens with zero attached hydrogens (tertiary/aromatic N) is 3. The molecule has 0 aliphatic carbocycles. The Labute approximate surface area is 223 Å². The van der Waals surface area contributed by atoms with E-state index in [9.17, 15) is 18.8 Å². The van der Waals surface area contributed by atoms with Gasteiger partial charge in [0, 0.05) is 29.4 Å². The Hall–Kier alpha value is -2.84. The number of benzene rings is 2. The molecule has 0 aromatic heterocycles. The summed E-state index contributed by atoms with van der Waals surface area (Å²) in [7, 11) is -3.77. The molecule has 0 saturated carbocycles. The predicted octanol–water partition coefficient (Wildman–Crippen LogP) is 4.12. The standard InChI is InChI=1S/C26H32ClN5O4S/c1-16-11-17(2)14-32(13-16)37(34,35)20-9-10-22-21(12-20)23(24(33)26(3,4)36-22)31-25(29-15-28)30-19-7-5-18(27)6-8-19/h5-10,12,16-17,23-24,33H,11,13-14H2,1-4H3,(H2,29,30,31)/t16?,17?,23-,24+/m1/s1. The van der Waals surface area contributed by atoms with Crippen molar-refractivity contribution in [3.63, 3.8) is 0 Å². The number of ether oxygens (including phenoxy) is 1. The summed E-state index contributed by atoms with van der Waals surface area (Å²) >= 11 is 5.97. The quantitative estimate of drug-likeness (QED) is 0.228. The lowest BCUT2D eigenvalue weighted by molar-refractivity contribution is -0.0568. The Morgan fingerprint density at radius 2 is 1.84 bits per heavy atom. The number of nitriles is 1. The van der Waals surface area contributed by atoms with Gasteiger partial charge in [-0.2, -0.15) is 9.57 Å². The van der Waals surface area contributed by atoms with Crippen LogP contribution >= 0.6 is 11.6 Å². The zero-order chi connectivity index (χ0) is 27.0. The van der Waals surface area contributed by atoms with Gasteiger partial charge in [0.25, 0.3) is 0 Å². The predicted molar refractivity (Wildman–Crippen MR) is 143 cm³/mol. The van der Waals surface area contributed by atoms with Crippen molar-refractivity contribution in [2.24, 2.45) is 16.8 Å². The highest BCUT2D eigenvalue weighted by Crippen LogP contribution is 2.43. The number of aliphatic hydroxyl groups is 1. The smallest absolute Gasteiger partial charge is 0.243 e. The van der Waals surface area contributed by atoms with Crippen molar-refractivity contribution in [3.8, 4) is 11.9 Å². The molecule has 198 valence electrons. The fourth-order valence-electron chi connectivity index (χ4n) is 4.95. The summed E-state index contributed by atoms with van der Waals surface area (Å²) in [4.78, 5) is 4.74. The molecule has 2 heterocycles. The van der Waals surface area contributed by atoms with Gasteiger partial charge in [-0.15, -0.1) is 0 Å². The summed E-state index contributed by atoms with van der Waals surface area (Å²) in [5.41, 5.74) is 0.0230. The van der Waals surface area contributed by atoms with Crippen LogP contribution < -0.4 is 15.4 Å². The van der Waals surface area contributed by atoms with Crippen molar-refractivity contribution in [1.82, 2.24) is 9.62 Å². The van der Waals surface area contributed by atoms with Crippen molar-refractivity contribution in [2.75, 3.05) is 18.4 Å². The fourth-order valence-corrected chi connectivity index (χ4v) is 6.80. The summed E-state index contributed by atoms with van der Waals surface area (Å²) < 4.78 is 34.7. The zero-order valence-corrected chi connectivity index (χ0v) is 22.8. The molecule has 0 spiro atoms. The maximum Gasteiger partial charge on any atom is 0.243 e. The van der Waals surface area contributed by atoms with Gasteiger partial charge in [0.1, 0.15) is 23.5 Å². The first kappa shape index (κ1) is 27.2. The van der Waals surface area contributed by atoms with Gasteiger partial charge in [-0.05, 0) is 74.6 Å². The number of halogens is 1. The van der Waals surface area contributed by atoms with Crippen LogP contribution in [0.5, 0.6) is 5.75 Å². The summed E-state index contributed by atoms with van der Waals surface area (Å²) in [5, 5.41) is 26.6. The highest BCUT2D eigenvalue weighted by atomic mass is 35.5. The molecular weight excluding hydrogens is 514 g/mol. The third kappa shape index (κ3) is 5.85. The van der Waals surface area contributed by atoms with Crippen LogP contribution in [-0.4, -0.2) is 48.6 Å². The van der Waals surface area contributed by atoms with Crippen LogP contribution in [0.25, 0.3) is 0 Å². The summed E-state index contributed by atoms with van der Waals surface area (Å²) in [6.07, 6.45) is 1.70. The van der Waals surface area contributed by atoms with Gasteiger partial charge in [0.15, 0.2) is 6.19 Å². The van der Waals surface area contributed by atoms with Gasteiger partial charge in [0.05, 0.1) is 4.90 Å². The van der Waals surface area contributed by atoms with E-state index < -0.39 is 27.8 Å². The number of hydrogen-bond acceptors (Lipinski definition) is 6. The van der Waals surface area contributed by atoms with Crippen molar-refractivity contribution in [1.29, 1.82) is 5.26 Å². The van der Waals surface area contributed by atoms with Crippen molar-refractivity contribution in [2.45, 2.75) is 56.8 Å². The Balaban J connectivity index is 1.75. The highest BCUT2D eigenvalue weighted by Gasteiger charge is 2.44. The zero-order valence-electron chi connectivity index (χ0n) is 21.3. The molecule has 9 nitrogen and oxygen atoms in total. The van der Waals surface area contributed by atoms with Crippen LogP contribution in [0.2, 0.25) is 5.02 Å². The molecule has 2 unspecified atom stereocenters. The lowest BCUT2D eigenvalue weighted by Crippen LogP contribution is -2.49. The Morgan fingerprint density at radius 3 is 2.46 bits per heavy atom. The normalized spacial score (nSPS) is 25.9. The minimum atomic E-state index is -3.77. The van der Waals surface area contributed by atoms with E-state index >= 15 is 0 Å². The molecule has 2 aliphatic heterocycles. The number of hydrogen-bond donors (Lipinski definition) is 3. The third-order valence-electron chi connectivity index (χ3n) is 6.71. The lowest BCUT2D eigenvalue weighted by Gasteiger charge is -2.41. The average Bonchev–Trinajstić information content (AvgIpc) is 2.82. The van der Waals surface area contributed by atoms with E-state index in [1.807, 2.05) is 6.19 Å². The molecular formula is C26H32ClN5O4S. The maximum absolute atomic E-state index is 13.6. The molecule has 4 rings (SSSR count). The molecule has 0 bridgehead atoms. The lowest BCUT2D eigenvalue weighted by atomic mass is 9.87. The van der Waals surface area contributed by atoms with Crippen LogP contribution in [-0.2, 0) is 10.0 Å². The number of sulfonamides is 1. The number of aliphatic hydroxyl groups excluding tert-OH is 1. The molecule has 0 radical (unpaired) electrons. The van der Waals surface area contributed by atoms with Gasteiger partial charge < -0.3 is 15.2 Å². The van der Waals surface area contributed by atoms with Crippen LogP contribution in [0.4, 0.5) is 5.69 Å². The first-order valence-electron chi connectivity index (χ1n) is 12.2. The van der Waals surface area contributed by atoms with Gasteiger partial charge >= 0.3 is 0 Å². The molecule has 0 amide bonds. The second-order valence-corrected chi connectivity index (χ2v) is 12.8. The van der Waals surface area contributed by atoms with E-state index in [2.05, 4.69) is 29.5 Å². The van der Waals surface area contributed by atoms with Crippen LogP contribution in [0.3, 0.4) is 0 Å². The van der Waals surface area contributed by atoms with E-state index in [1.54, 1.807) is 44.2 Å². The van der Waals surface area contributed by atoms with E-state index in [0.29, 0.717) is 35.1 Å². The van der Waals surface area contributed by atoms with Gasteiger partial charge in [-0.25, -0.2) is 13.4 Å². The summed E-state index contributed by atoms with van der Waals surface area (Å²) in [5.74, 6) is 1.03. The van der Waals surface area contributed by atoms with Crippen LogP contribution in [0.1, 0.15) is 45.7 Å².